The van der Waals surface area contributed by atoms with Gasteiger partial charge in [-0.25, -0.2) is 4.79 Å². The summed E-state index contributed by atoms with van der Waals surface area (Å²) in [5.74, 6) is -1.39. The van der Waals surface area contributed by atoms with Gasteiger partial charge in [-0.1, -0.05) is 19.8 Å². The quantitative estimate of drug-likeness (QED) is 0.565. The van der Waals surface area contributed by atoms with Crippen molar-refractivity contribution < 1.29 is 23.9 Å². The minimum absolute atomic E-state index is 0.0305. The summed E-state index contributed by atoms with van der Waals surface area (Å²) in [6.07, 6.45) is 3.35. The summed E-state index contributed by atoms with van der Waals surface area (Å²) < 4.78 is 4.95. The van der Waals surface area contributed by atoms with Gasteiger partial charge in [0.05, 0.1) is 0 Å². The van der Waals surface area contributed by atoms with E-state index in [1.54, 1.807) is 4.90 Å². The van der Waals surface area contributed by atoms with E-state index in [9.17, 15) is 19.2 Å². The number of amides is 4. The van der Waals surface area contributed by atoms with Gasteiger partial charge in [0.25, 0.3) is 11.8 Å². The molecule has 1 saturated carbocycles. The molecule has 1 aliphatic carbocycles. The minimum Gasteiger partial charge on any atom is -0.454 e. The van der Waals surface area contributed by atoms with Gasteiger partial charge in [0.2, 0.25) is 0 Å². The first-order valence-corrected chi connectivity index (χ1v) is 8.93. The van der Waals surface area contributed by atoms with Crippen molar-refractivity contribution in [2.45, 2.75) is 52.0 Å². The highest BCUT2D eigenvalue weighted by atomic mass is 16.5. The number of likely N-dealkylation sites (N-methyl/N-ethyl adjacent to an activating group) is 1. The largest absolute Gasteiger partial charge is 0.454 e. The maximum absolute atomic E-state index is 12.7. The lowest BCUT2D eigenvalue weighted by molar-refractivity contribution is -0.154. The number of nitrogens with one attached hydrogen (secondary N) is 1. The normalized spacial score (nSPS) is 25.9. The molecule has 4 amide bonds. The third kappa shape index (κ3) is 3.77. The molecule has 1 N–H and O–H groups in total. The third-order valence-corrected chi connectivity index (χ3v) is 5.26. The molecule has 0 aromatic carbocycles. The number of esters is 1. The van der Waals surface area contributed by atoms with Crippen LogP contribution in [0.5, 0.6) is 0 Å². The molecule has 25 heavy (non-hydrogen) atoms. The van der Waals surface area contributed by atoms with E-state index < -0.39 is 24.1 Å². The molecule has 8 heteroatoms. The Hall–Kier alpha value is -2.12. The third-order valence-electron chi connectivity index (χ3n) is 5.26. The minimum atomic E-state index is -0.896. The van der Waals surface area contributed by atoms with Crippen LogP contribution in [0.3, 0.4) is 0 Å². The van der Waals surface area contributed by atoms with Crippen LogP contribution in [0.1, 0.15) is 46.5 Å². The van der Waals surface area contributed by atoms with E-state index in [2.05, 4.69) is 5.32 Å². The zero-order valence-electron chi connectivity index (χ0n) is 15.2. The number of imide groups is 1. The lowest BCUT2D eigenvalue weighted by atomic mass is 9.73. The molecule has 0 aromatic heterocycles. The van der Waals surface area contributed by atoms with Crippen LogP contribution in [0, 0.1) is 5.92 Å². The molecule has 0 unspecified atom stereocenters. The van der Waals surface area contributed by atoms with Crippen LogP contribution in [0.2, 0.25) is 0 Å². The molecular weight excluding hydrogens is 326 g/mol. The number of hydrogen-bond acceptors (Lipinski definition) is 5. The van der Waals surface area contributed by atoms with E-state index in [-0.39, 0.29) is 24.3 Å². The highest BCUT2D eigenvalue weighted by Gasteiger charge is 2.55. The molecule has 0 bridgehead atoms. The van der Waals surface area contributed by atoms with Crippen LogP contribution in [0.4, 0.5) is 4.79 Å². The van der Waals surface area contributed by atoms with Gasteiger partial charge < -0.3 is 15.0 Å². The van der Waals surface area contributed by atoms with E-state index in [0.29, 0.717) is 19.5 Å². The number of rotatable bonds is 6. The molecular formula is C17H27N3O5. The highest BCUT2D eigenvalue weighted by molar-refractivity contribution is 6.09. The van der Waals surface area contributed by atoms with Crippen LogP contribution >= 0.6 is 0 Å². The van der Waals surface area contributed by atoms with Gasteiger partial charge in [-0.05, 0) is 32.6 Å². The molecule has 0 radical (unpaired) electrons. The second-order valence-corrected chi connectivity index (χ2v) is 6.67. The molecule has 2 rings (SSSR count). The molecule has 2 atom stereocenters. The summed E-state index contributed by atoms with van der Waals surface area (Å²) in [5.41, 5.74) is -0.896. The van der Waals surface area contributed by atoms with Gasteiger partial charge >= 0.3 is 12.0 Å². The first kappa shape index (κ1) is 19.2. The average Bonchev–Trinajstić information content (AvgIpc) is 2.82. The molecule has 2 aliphatic rings. The Morgan fingerprint density at radius 2 is 1.96 bits per heavy atom. The van der Waals surface area contributed by atoms with Crippen LogP contribution in [0.15, 0.2) is 0 Å². The number of ether oxygens (including phenoxy) is 1. The van der Waals surface area contributed by atoms with Crippen molar-refractivity contribution in [1.29, 1.82) is 0 Å². The second-order valence-electron chi connectivity index (χ2n) is 6.67. The fourth-order valence-corrected chi connectivity index (χ4v) is 3.62. The van der Waals surface area contributed by atoms with Crippen molar-refractivity contribution >= 4 is 23.8 Å². The number of carbonyl (C=O) groups excluding carboxylic acids is 4. The summed E-state index contributed by atoms with van der Waals surface area (Å²) in [6.45, 7) is 5.82. The van der Waals surface area contributed by atoms with E-state index in [1.807, 2.05) is 20.8 Å². The Labute approximate surface area is 147 Å². The van der Waals surface area contributed by atoms with Gasteiger partial charge in [0, 0.05) is 13.1 Å². The average molecular weight is 353 g/mol. The Bertz CT molecular complexity index is 560. The van der Waals surface area contributed by atoms with Crippen molar-refractivity contribution in [2.75, 3.05) is 26.2 Å². The molecule has 1 heterocycles. The van der Waals surface area contributed by atoms with Gasteiger partial charge in [0.1, 0.15) is 12.1 Å². The van der Waals surface area contributed by atoms with E-state index in [1.165, 1.54) is 0 Å². The molecule has 1 saturated heterocycles. The zero-order chi connectivity index (χ0) is 18.6. The van der Waals surface area contributed by atoms with Gasteiger partial charge in [-0.3, -0.25) is 19.3 Å². The number of nitrogens with zero attached hydrogens (tertiary/aromatic N) is 2. The van der Waals surface area contributed by atoms with Crippen molar-refractivity contribution in [3.8, 4) is 0 Å². The molecule has 1 aliphatic heterocycles. The van der Waals surface area contributed by atoms with Crippen LogP contribution in [0.25, 0.3) is 0 Å². The fraction of sp³-hybridized carbons (Fsp3) is 0.765. The SMILES string of the molecule is CCN(CC)C(=O)COC(=O)CN1C(=O)N[C@@]2(CCCC[C@@H]2C)C1=O. The smallest absolute Gasteiger partial charge is 0.326 e. The molecule has 0 aromatic rings. The predicted molar refractivity (Wildman–Crippen MR) is 89.5 cm³/mol. The lowest BCUT2D eigenvalue weighted by Gasteiger charge is -2.36. The monoisotopic (exact) mass is 353 g/mol. The van der Waals surface area contributed by atoms with Crippen LogP contribution in [-0.2, 0) is 19.1 Å². The fourth-order valence-electron chi connectivity index (χ4n) is 3.62. The molecule has 140 valence electrons. The molecule has 2 fully saturated rings. The number of hydrogen-bond donors (Lipinski definition) is 1. The Balaban J connectivity index is 1.94. The van der Waals surface area contributed by atoms with Gasteiger partial charge in [0.15, 0.2) is 6.61 Å². The highest BCUT2D eigenvalue weighted by Crippen LogP contribution is 2.38. The molecule has 8 nitrogen and oxygen atoms in total. The van der Waals surface area contributed by atoms with E-state index in [0.717, 1.165) is 24.2 Å². The van der Waals surface area contributed by atoms with E-state index in [4.69, 9.17) is 4.74 Å². The Morgan fingerprint density at radius 1 is 1.28 bits per heavy atom. The standard InChI is InChI=1S/C17H27N3O5/c1-4-19(5-2)13(21)11-25-14(22)10-20-15(23)17(18-16(20)24)9-7-6-8-12(17)3/h12H,4-11H2,1-3H3,(H,18,24)/t12-,17+/m0/s1. The van der Waals surface area contributed by atoms with Crippen molar-refractivity contribution in [3.63, 3.8) is 0 Å². The summed E-state index contributed by atoms with van der Waals surface area (Å²) >= 11 is 0. The molecule has 1 spiro atoms. The zero-order valence-corrected chi connectivity index (χ0v) is 15.2. The van der Waals surface area contributed by atoms with Gasteiger partial charge in [-0.2, -0.15) is 0 Å². The van der Waals surface area contributed by atoms with Crippen LogP contribution < -0.4 is 5.32 Å². The summed E-state index contributed by atoms with van der Waals surface area (Å²) in [4.78, 5) is 51.2. The summed E-state index contributed by atoms with van der Waals surface area (Å²) in [6, 6.07) is -0.564. The van der Waals surface area contributed by atoms with E-state index >= 15 is 0 Å². The van der Waals surface area contributed by atoms with Crippen molar-refractivity contribution in [2.24, 2.45) is 5.92 Å². The van der Waals surface area contributed by atoms with Gasteiger partial charge in [-0.15, -0.1) is 0 Å². The first-order chi connectivity index (χ1) is 11.9. The van der Waals surface area contributed by atoms with Crippen LogP contribution in [-0.4, -0.2) is 65.4 Å². The Kier molecular flexibility index (Phi) is 6.02. The number of carbonyl (C=O) groups is 4. The number of urea groups is 1. The lowest BCUT2D eigenvalue weighted by Crippen LogP contribution is -2.54. The first-order valence-electron chi connectivity index (χ1n) is 8.93. The predicted octanol–water partition coefficient (Wildman–Crippen LogP) is 0.899. The summed E-state index contributed by atoms with van der Waals surface area (Å²) in [7, 11) is 0. The maximum atomic E-state index is 12.7. The summed E-state index contributed by atoms with van der Waals surface area (Å²) in [5, 5.41) is 2.78. The van der Waals surface area contributed by atoms with Crippen molar-refractivity contribution in [1.82, 2.24) is 15.1 Å². The second kappa shape index (κ2) is 7.84. The topological polar surface area (TPSA) is 96.0 Å². The Morgan fingerprint density at radius 3 is 2.56 bits per heavy atom. The maximum Gasteiger partial charge on any atom is 0.326 e. The van der Waals surface area contributed by atoms with Crippen molar-refractivity contribution in [3.05, 3.63) is 0 Å².